The summed E-state index contributed by atoms with van der Waals surface area (Å²) in [5.41, 5.74) is 2.03. The maximum absolute atomic E-state index is 13.8. The third-order valence-electron chi connectivity index (χ3n) is 3.81. The molecule has 24 heavy (non-hydrogen) atoms. The maximum atomic E-state index is 13.8. The fourth-order valence-electron chi connectivity index (χ4n) is 2.58. The number of amides is 1. The van der Waals surface area contributed by atoms with Crippen LogP contribution in [0.2, 0.25) is 0 Å². The topological polar surface area (TPSA) is 42.0 Å². The van der Waals surface area contributed by atoms with E-state index in [2.05, 4.69) is 10.3 Å². The molecule has 0 aliphatic heterocycles. The average molecular weight is 320 g/mol. The maximum Gasteiger partial charge on any atom is 0.232 e. The summed E-state index contributed by atoms with van der Waals surface area (Å²) in [5, 5.41) is 2.69. The largest absolute Gasteiger partial charge is 0.323 e. The minimum absolute atomic E-state index is 0.189. The number of pyridine rings is 1. The molecule has 0 saturated carbocycles. The van der Waals surface area contributed by atoms with Crippen LogP contribution in [-0.2, 0) is 11.2 Å². The van der Waals surface area contributed by atoms with Crippen molar-refractivity contribution >= 4 is 11.6 Å². The van der Waals surface area contributed by atoms with E-state index < -0.39 is 11.7 Å². The predicted molar refractivity (Wildman–Crippen MR) is 92.2 cm³/mol. The van der Waals surface area contributed by atoms with Crippen molar-refractivity contribution in [3.8, 4) is 0 Å². The number of aromatic nitrogens is 1. The van der Waals surface area contributed by atoms with E-state index in [0.29, 0.717) is 6.42 Å². The highest BCUT2D eigenvalue weighted by Gasteiger charge is 2.22. The second kappa shape index (κ2) is 7.51. The van der Waals surface area contributed by atoms with Gasteiger partial charge in [0.25, 0.3) is 0 Å². The molecule has 0 aliphatic carbocycles. The van der Waals surface area contributed by atoms with E-state index in [9.17, 15) is 9.18 Å². The van der Waals surface area contributed by atoms with E-state index >= 15 is 0 Å². The van der Waals surface area contributed by atoms with Gasteiger partial charge in [-0.15, -0.1) is 0 Å². The monoisotopic (exact) mass is 320 g/mol. The zero-order valence-electron chi connectivity index (χ0n) is 13.0. The van der Waals surface area contributed by atoms with Crippen molar-refractivity contribution in [3.63, 3.8) is 0 Å². The summed E-state index contributed by atoms with van der Waals surface area (Å²) in [6.07, 6.45) is 3.94. The minimum Gasteiger partial charge on any atom is -0.323 e. The lowest BCUT2D eigenvalue weighted by atomic mass is 9.91. The predicted octanol–water partition coefficient (Wildman–Crippen LogP) is 4.19. The highest BCUT2D eigenvalue weighted by atomic mass is 19.1. The van der Waals surface area contributed by atoms with Gasteiger partial charge in [-0.1, -0.05) is 48.5 Å². The molecular weight excluding hydrogens is 303 g/mol. The molecule has 120 valence electrons. The molecule has 2 aromatic carbocycles. The summed E-state index contributed by atoms with van der Waals surface area (Å²) in [6, 6.07) is 19.4. The number of carbonyl (C=O) groups is 1. The van der Waals surface area contributed by atoms with Gasteiger partial charge < -0.3 is 5.32 Å². The Kier molecular flexibility index (Phi) is 4.96. The summed E-state index contributed by atoms with van der Waals surface area (Å²) < 4.78 is 13.8. The van der Waals surface area contributed by atoms with Gasteiger partial charge in [-0.3, -0.25) is 9.78 Å². The lowest BCUT2D eigenvalue weighted by molar-refractivity contribution is -0.117. The highest BCUT2D eigenvalue weighted by Crippen LogP contribution is 2.23. The van der Waals surface area contributed by atoms with Crippen LogP contribution in [0.3, 0.4) is 0 Å². The Morgan fingerprint density at radius 2 is 1.75 bits per heavy atom. The first kappa shape index (κ1) is 15.9. The molecule has 3 nitrogen and oxygen atoms in total. The standard InChI is InChI=1S/C20H17FN2O/c21-18-10-4-5-11-19(18)23-20(24)17(16-8-2-1-3-9-16)13-15-7-6-12-22-14-15/h1-12,14,17H,13H2,(H,23,24). The van der Waals surface area contributed by atoms with Gasteiger partial charge in [0, 0.05) is 12.4 Å². The second-order valence-corrected chi connectivity index (χ2v) is 5.50. The highest BCUT2D eigenvalue weighted by molar-refractivity contribution is 5.96. The number of benzene rings is 2. The number of hydrogen-bond donors (Lipinski definition) is 1. The first-order valence-corrected chi connectivity index (χ1v) is 7.73. The number of nitrogens with one attached hydrogen (secondary N) is 1. The van der Waals surface area contributed by atoms with Gasteiger partial charge >= 0.3 is 0 Å². The van der Waals surface area contributed by atoms with Crippen molar-refractivity contribution in [3.05, 3.63) is 96.1 Å². The molecular formula is C20H17FN2O. The third-order valence-corrected chi connectivity index (χ3v) is 3.81. The van der Waals surface area contributed by atoms with E-state index in [0.717, 1.165) is 11.1 Å². The molecule has 3 rings (SSSR count). The first-order chi connectivity index (χ1) is 11.7. The van der Waals surface area contributed by atoms with E-state index in [4.69, 9.17) is 0 Å². The Hall–Kier alpha value is -3.01. The normalized spacial score (nSPS) is 11.7. The van der Waals surface area contributed by atoms with Crippen molar-refractivity contribution in [2.24, 2.45) is 0 Å². The molecule has 4 heteroatoms. The molecule has 0 bridgehead atoms. The van der Waals surface area contributed by atoms with Gasteiger partial charge in [0.2, 0.25) is 5.91 Å². The fourth-order valence-corrected chi connectivity index (χ4v) is 2.58. The SMILES string of the molecule is O=C(Nc1ccccc1F)C(Cc1cccnc1)c1ccccc1. The molecule has 1 atom stereocenters. The van der Waals surface area contributed by atoms with E-state index in [1.54, 1.807) is 30.6 Å². The van der Waals surface area contributed by atoms with Gasteiger partial charge in [-0.2, -0.15) is 0 Å². The van der Waals surface area contributed by atoms with Crippen molar-refractivity contribution in [2.75, 3.05) is 5.32 Å². The van der Waals surface area contributed by atoms with Gasteiger partial charge in [-0.05, 0) is 35.7 Å². The van der Waals surface area contributed by atoms with Crippen LogP contribution in [0.1, 0.15) is 17.0 Å². The Labute approximate surface area is 140 Å². The summed E-state index contributed by atoms with van der Waals surface area (Å²) in [5.74, 6) is -1.11. The number of rotatable bonds is 5. The third kappa shape index (κ3) is 3.84. The summed E-state index contributed by atoms with van der Waals surface area (Å²) in [7, 11) is 0. The summed E-state index contributed by atoms with van der Waals surface area (Å²) in [6.45, 7) is 0. The van der Waals surface area contributed by atoms with Crippen LogP contribution in [0.4, 0.5) is 10.1 Å². The van der Waals surface area contributed by atoms with Crippen LogP contribution >= 0.6 is 0 Å². The van der Waals surface area contributed by atoms with E-state index in [1.165, 1.54) is 6.07 Å². The molecule has 0 spiro atoms. The molecule has 0 saturated heterocycles. The van der Waals surface area contributed by atoms with Gasteiger partial charge in [-0.25, -0.2) is 4.39 Å². The Bertz CT molecular complexity index is 806. The number of nitrogens with zero attached hydrogens (tertiary/aromatic N) is 1. The Morgan fingerprint density at radius 3 is 2.46 bits per heavy atom. The second-order valence-electron chi connectivity index (χ2n) is 5.50. The Morgan fingerprint density at radius 1 is 1.00 bits per heavy atom. The van der Waals surface area contributed by atoms with Crippen LogP contribution in [0.5, 0.6) is 0 Å². The van der Waals surface area contributed by atoms with Crippen molar-refractivity contribution < 1.29 is 9.18 Å². The lowest BCUT2D eigenvalue weighted by Crippen LogP contribution is -2.23. The number of halogens is 1. The number of hydrogen-bond acceptors (Lipinski definition) is 2. The quantitative estimate of drug-likeness (QED) is 0.766. The molecule has 3 aromatic rings. The number of carbonyl (C=O) groups excluding carboxylic acids is 1. The van der Waals surface area contributed by atoms with Crippen LogP contribution in [0.25, 0.3) is 0 Å². The van der Waals surface area contributed by atoms with Gasteiger partial charge in [0.05, 0.1) is 11.6 Å². The number of anilines is 1. The van der Waals surface area contributed by atoms with Crippen LogP contribution < -0.4 is 5.32 Å². The molecule has 1 unspecified atom stereocenters. The zero-order valence-corrected chi connectivity index (χ0v) is 13.0. The molecule has 1 N–H and O–H groups in total. The van der Waals surface area contributed by atoms with Crippen molar-refractivity contribution in [1.82, 2.24) is 4.98 Å². The van der Waals surface area contributed by atoms with Crippen LogP contribution in [0.15, 0.2) is 79.1 Å². The smallest absolute Gasteiger partial charge is 0.232 e. The van der Waals surface area contributed by atoms with Gasteiger partial charge in [0.1, 0.15) is 5.82 Å². The van der Waals surface area contributed by atoms with E-state index in [-0.39, 0.29) is 11.6 Å². The molecule has 0 aliphatic rings. The molecule has 1 heterocycles. The van der Waals surface area contributed by atoms with Crippen LogP contribution in [0, 0.1) is 5.82 Å². The van der Waals surface area contributed by atoms with Crippen molar-refractivity contribution in [2.45, 2.75) is 12.3 Å². The fraction of sp³-hybridized carbons (Fsp3) is 0.100. The minimum atomic E-state index is -0.445. The van der Waals surface area contributed by atoms with Crippen molar-refractivity contribution in [1.29, 1.82) is 0 Å². The molecule has 1 aromatic heterocycles. The first-order valence-electron chi connectivity index (χ1n) is 7.73. The molecule has 0 radical (unpaired) electrons. The van der Waals surface area contributed by atoms with Crippen LogP contribution in [-0.4, -0.2) is 10.9 Å². The summed E-state index contributed by atoms with van der Waals surface area (Å²) in [4.78, 5) is 16.9. The lowest BCUT2D eigenvalue weighted by Gasteiger charge is -2.17. The zero-order chi connectivity index (χ0) is 16.8. The van der Waals surface area contributed by atoms with Gasteiger partial charge in [0.15, 0.2) is 0 Å². The molecule has 0 fully saturated rings. The number of para-hydroxylation sites is 1. The average Bonchev–Trinajstić information content (AvgIpc) is 2.63. The summed E-state index contributed by atoms with van der Waals surface area (Å²) >= 11 is 0. The van der Waals surface area contributed by atoms with E-state index in [1.807, 2.05) is 42.5 Å². The molecule has 1 amide bonds. The Balaban J connectivity index is 1.87.